The van der Waals surface area contributed by atoms with Gasteiger partial charge < -0.3 is 15.3 Å². The smallest absolute Gasteiger partial charge is 0.322 e. The molecule has 0 atom stereocenters. The van der Waals surface area contributed by atoms with Crippen molar-refractivity contribution in [1.82, 2.24) is 5.32 Å². The Hall–Kier alpha value is -2.11. The first kappa shape index (κ1) is 14.3. The third-order valence-electron chi connectivity index (χ3n) is 3.41. The van der Waals surface area contributed by atoms with Crippen LogP contribution >= 0.6 is 0 Å². The minimum Gasteiger partial charge on any atom is -0.480 e. The van der Waals surface area contributed by atoms with Crippen LogP contribution in [-0.2, 0) is 16.0 Å². The van der Waals surface area contributed by atoms with Crippen LogP contribution in [0.3, 0.4) is 0 Å². The number of anilines is 1. The molecular weight excluding hydrogens is 263 g/mol. The van der Waals surface area contributed by atoms with E-state index < -0.39 is 18.4 Å². The first-order valence-corrected chi connectivity index (χ1v) is 6.50. The highest BCUT2D eigenvalue weighted by atomic mass is 19.1. The molecule has 1 aromatic carbocycles. The molecular formula is C14H17FN2O3. The van der Waals surface area contributed by atoms with Crippen molar-refractivity contribution in [2.45, 2.75) is 19.8 Å². The Kier molecular flexibility index (Phi) is 4.22. The van der Waals surface area contributed by atoms with Gasteiger partial charge in [-0.3, -0.25) is 9.59 Å². The van der Waals surface area contributed by atoms with Crippen molar-refractivity contribution in [3.05, 3.63) is 29.1 Å². The standard InChI is InChI=1S/C14H17FN2O3/c1-9-4-5-11(15)14-10(9)3-2-6-17(14)8-12(18)16-7-13(19)20/h4-5H,2-3,6-8H2,1H3,(H,16,18)(H,19,20). The molecule has 0 bridgehead atoms. The third-order valence-corrected chi connectivity index (χ3v) is 3.41. The van der Waals surface area contributed by atoms with E-state index in [1.165, 1.54) is 6.07 Å². The first-order valence-electron chi connectivity index (χ1n) is 6.50. The van der Waals surface area contributed by atoms with E-state index in [2.05, 4.69) is 5.32 Å². The highest BCUT2D eigenvalue weighted by Gasteiger charge is 2.23. The van der Waals surface area contributed by atoms with Gasteiger partial charge in [0.2, 0.25) is 5.91 Å². The molecule has 0 unspecified atom stereocenters. The number of carbonyl (C=O) groups excluding carboxylic acids is 1. The minimum atomic E-state index is -1.10. The first-order chi connectivity index (χ1) is 9.49. The van der Waals surface area contributed by atoms with Gasteiger partial charge in [-0.2, -0.15) is 0 Å². The van der Waals surface area contributed by atoms with Crippen LogP contribution in [-0.4, -0.2) is 36.6 Å². The van der Waals surface area contributed by atoms with Crippen molar-refractivity contribution in [2.75, 3.05) is 24.5 Å². The molecule has 0 spiro atoms. The zero-order chi connectivity index (χ0) is 14.7. The highest BCUT2D eigenvalue weighted by molar-refractivity contribution is 5.85. The zero-order valence-corrected chi connectivity index (χ0v) is 11.3. The van der Waals surface area contributed by atoms with Gasteiger partial charge in [-0.15, -0.1) is 0 Å². The molecule has 5 nitrogen and oxygen atoms in total. The Morgan fingerprint density at radius 1 is 1.45 bits per heavy atom. The Morgan fingerprint density at radius 2 is 2.20 bits per heavy atom. The van der Waals surface area contributed by atoms with E-state index in [9.17, 15) is 14.0 Å². The maximum Gasteiger partial charge on any atom is 0.322 e. The van der Waals surface area contributed by atoms with E-state index in [0.717, 1.165) is 24.0 Å². The lowest BCUT2D eigenvalue weighted by Gasteiger charge is -2.32. The summed E-state index contributed by atoms with van der Waals surface area (Å²) in [5.41, 5.74) is 2.42. The minimum absolute atomic E-state index is 0.0271. The van der Waals surface area contributed by atoms with Gasteiger partial charge in [0.05, 0.1) is 12.2 Å². The molecule has 0 saturated heterocycles. The molecule has 0 aliphatic carbocycles. The molecule has 2 rings (SSSR count). The van der Waals surface area contributed by atoms with Gasteiger partial charge in [0.25, 0.3) is 0 Å². The molecule has 1 heterocycles. The molecule has 20 heavy (non-hydrogen) atoms. The number of halogens is 1. The second kappa shape index (κ2) is 5.90. The monoisotopic (exact) mass is 280 g/mol. The number of fused-ring (bicyclic) bond motifs is 1. The summed E-state index contributed by atoms with van der Waals surface area (Å²) in [6.07, 6.45) is 1.65. The van der Waals surface area contributed by atoms with Crippen molar-refractivity contribution in [1.29, 1.82) is 0 Å². The summed E-state index contributed by atoms with van der Waals surface area (Å²) in [5, 5.41) is 10.8. The van der Waals surface area contributed by atoms with Crippen LogP contribution in [0.15, 0.2) is 12.1 Å². The van der Waals surface area contributed by atoms with Crippen LogP contribution in [0, 0.1) is 12.7 Å². The van der Waals surface area contributed by atoms with E-state index in [1.54, 1.807) is 11.0 Å². The zero-order valence-electron chi connectivity index (χ0n) is 11.3. The molecule has 0 aromatic heterocycles. The van der Waals surface area contributed by atoms with E-state index >= 15 is 0 Å². The van der Waals surface area contributed by atoms with E-state index in [-0.39, 0.29) is 12.4 Å². The van der Waals surface area contributed by atoms with Crippen LogP contribution in [0.1, 0.15) is 17.5 Å². The number of aryl methyl sites for hydroxylation is 1. The fraction of sp³-hybridized carbons (Fsp3) is 0.429. The number of rotatable bonds is 4. The van der Waals surface area contributed by atoms with Crippen molar-refractivity contribution in [2.24, 2.45) is 0 Å². The Balaban J connectivity index is 2.14. The number of amides is 1. The van der Waals surface area contributed by atoms with Crippen LogP contribution in [0.25, 0.3) is 0 Å². The van der Waals surface area contributed by atoms with Gasteiger partial charge in [0, 0.05) is 6.54 Å². The largest absolute Gasteiger partial charge is 0.480 e. The Bertz CT molecular complexity index is 545. The summed E-state index contributed by atoms with van der Waals surface area (Å²) in [7, 11) is 0. The van der Waals surface area contributed by atoms with Gasteiger partial charge >= 0.3 is 5.97 Å². The maximum atomic E-state index is 14.0. The molecule has 1 aromatic rings. The van der Waals surface area contributed by atoms with Gasteiger partial charge in [-0.1, -0.05) is 6.07 Å². The summed E-state index contributed by atoms with van der Waals surface area (Å²) in [6.45, 7) is 2.07. The molecule has 1 aliphatic rings. The summed E-state index contributed by atoms with van der Waals surface area (Å²) in [6, 6.07) is 3.14. The summed E-state index contributed by atoms with van der Waals surface area (Å²) in [4.78, 5) is 23.8. The number of hydrogen-bond acceptors (Lipinski definition) is 3. The number of aliphatic carboxylic acids is 1. The number of nitrogens with zero attached hydrogens (tertiary/aromatic N) is 1. The normalized spacial score (nSPS) is 13.8. The quantitative estimate of drug-likeness (QED) is 0.866. The second-order valence-corrected chi connectivity index (χ2v) is 4.89. The maximum absolute atomic E-state index is 14.0. The van der Waals surface area contributed by atoms with Crippen molar-refractivity contribution >= 4 is 17.6 Å². The lowest BCUT2D eigenvalue weighted by atomic mass is 9.96. The van der Waals surface area contributed by atoms with Gasteiger partial charge in [0.15, 0.2) is 0 Å². The number of carboxylic acids is 1. The SMILES string of the molecule is Cc1ccc(F)c2c1CCCN2CC(=O)NCC(=O)O. The second-order valence-electron chi connectivity index (χ2n) is 4.89. The Morgan fingerprint density at radius 3 is 2.90 bits per heavy atom. The van der Waals surface area contributed by atoms with E-state index in [4.69, 9.17) is 5.11 Å². The summed E-state index contributed by atoms with van der Waals surface area (Å²) >= 11 is 0. The molecule has 1 aliphatic heterocycles. The van der Waals surface area contributed by atoms with Gasteiger partial charge in [-0.05, 0) is 37.0 Å². The predicted octanol–water partition coefficient (Wildman–Crippen LogP) is 1.09. The number of hydrogen-bond donors (Lipinski definition) is 2. The van der Waals surface area contributed by atoms with Gasteiger partial charge in [0.1, 0.15) is 12.4 Å². The van der Waals surface area contributed by atoms with Crippen molar-refractivity contribution < 1.29 is 19.1 Å². The van der Waals surface area contributed by atoms with Crippen molar-refractivity contribution in [3.8, 4) is 0 Å². The lowest BCUT2D eigenvalue weighted by molar-refractivity contribution is -0.137. The molecule has 1 amide bonds. The molecule has 108 valence electrons. The molecule has 2 N–H and O–H groups in total. The fourth-order valence-electron chi connectivity index (χ4n) is 2.49. The average molecular weight is 280 g/mol. The molecule has 6 heteroatoms. The van der Waals surface area contributed by atoms with E-state index in [1.807, 2.05) is 6.92 Å². The fourth-order valence-corrected chi connectivity index (χ4v) is 2.49. The van der Waals surface area contributed by atoms with Crippen LogP contribution < -0.4 is 10.2 Å². The van der Waals surface area contributed by atoms with Crippen LogP contribution in [0.4, 0.5) is 10.1 Å². The summed E-state index contributed by atoms with van der Waals surface area (Å²) in [5.74, 6) is -1.85. The van der Waals surface area contributed by atoms with Gasteiger partial charge in [-0.25, -0.2) is 4.39 Å². The molecule has 0 saturated carbocycles. The number of nitrogens with one attached hydrogen (secondary N) is 1. The van der Waals surface area contributed by atoms with Crippen LogP contribution in [0.5, 0.6) is 0 Å². The highest BCUT2D eigenvalue weighted by Crippen LogP contribution is 2.32. The number of benzene rings is 1. The third kappa shape index (κ3) is 3.07. The molecule has 0 fully saturated rings. The summed E-state index contributed by atoms with van der Waals surface area (Å²) < 4.78 is 14.0. The van der Waals surface area contributed by atoms with Crippen LogP contribution in [0.2, 0.25) is 0 Å². The predicted molar refractivity (Wildman–Crippen MR) is 72.3 cm³/mol. The number of carboxylic acid groups (broad SMARTS) is 1. The molecule has 0 radical (unpaired) electrons. The topological polar surface area (TPSA) is 69.6 Å². The Labute approximate surface area is 116 Å². The van der Waals surface area contributed by atoms with Crippen molar-refractivity contribution in [3.63, 3.8) is 0 Å². The number of carbonyl (C=O) groups is 2. The average Bonchev–Trinajstić information content (AvgIpc) is 2.41. The van der Waals surface area contributed by atoms with E-state index in [0.29, 0.717) is 12.2 Å². The lowest BCUT2D eigenvalue weighted by Crippen LogP contribution is -2.41.